The van der Waals surface area contributed by atoms with Crippen LogP contribution in [0.25, 0.3) is 0 Å². The predicted molar refractivity (Wildman–Crippen MR) is 75.0 cm³/mol. The average molecular weight is 297 g/mol. The molecule has 0 aromatic carbocycles. The normalized spacial score (nSPS) is 20.6. The molecule has 2 heterocycles. The van der Waals surface area contributed by atoms with E-state index in [4.69, 9.17) is 11.6 Å². The highest BCUT2D eigenvalue weighted by Crippen LogP contribution is 2.29. The van der Waals surface area contributed by atoms with E-state index in [9.17, 15) is 14.4 Å². The van der Waals surface area contributed by atoms with Crippen molar-refractivity contribution < 1.29 is 14.4 Å². The Bertz CT molecular complexity index is 604. The van der Waals surface area contributed by atoms with Crippen molar-refractivity contribution in [2.24, 2.45) is 0 Å². The highest BCUT2D eigenvalue weighted by molar-refractivity contribution is 6.33. The molecule has 0 bridgehead atoms. The molecule has 2 amide bonds. The molecule has 0 spiro atoms. The van der Waals surface area contributed by atoms with Crippen molar-refractivity contribution in [3.05, 3.63) is 23.0 Å². The van der Waals surface area contributed by atoms with Crippen LogP contribution >= 0.6 is 11.6 Å². The van der Waals surface area contributed by atoms with E-state index in [0.29, 0.717) is 11.3 Å². The van der Waals surface area contributed by atoms with Gasteiger partial charge >= 0.3 is 0 Å². The van der Waals surface area contributed by atoms with E-state index in [1.54, 1.807) is 24.5 Å². The van der Waals surface area contributed by atoms with Crippen LogP contribution in [0, 0.1) is 13.8 Å². The van der Waals surface area contributed by atoms with Crippen LogP contribution < -0.4 is 0 Å². The highest BCUT2D eigenvalue weighted by Gasteiger charge is 2.39. The molecule has 1 aromatic rings. The first-order chi connectivity index (χ1) is 9.25. The zero-order valence-electron chi connectivity index (χ0n) is 11.9. The molecule has 2 rings (SSSR count). The summed E-state index contributed by atoms with van der Waals surface area (Å²) in [5, 5.41) is -0.618. The monoisotopic (exact) mass is 296 g/mol. The first-order valence-electron chi connectivity index (χ1n) is 6.42. The molecule has 108 valence electrons. The Morgan fingerprint density at radius 1 is 1.40 bits per heavy atom. The lowest BCUT2D eigenvalue weighted by Gasteiger charge is -2.16. The van der Waals surface area contributed by atoms with Gasteiger partial charge in [0.05, 0.1) is 11.8 Å². The number of alkyl halides is 1. The topological polar surface area (TPSA) is 59.4 Å². The molecule has 1 aliphatic rings. The van der Waals surface area contributed by atoms with Crippen LogP contribution in [0.2, 0.25) is 0 Å². The van der Waals surface area contributed by atoms with Crippen LogP contribution in [0.15, 0.2) is 6.07 Å². The molecular formula is C14H17ClN2O3. The molecule has 0 N–H and O–H groups in total. The van der Waals surface area contributed by atoms with E-state index in [-0.39, 0.29) is 24.0 Å². The van der Waals surface area contributed by atoms with Gasteiger partial charge in [0.15, 0.2) is 5.78 Å². The smallest absolute Gasteiger partial charge is 0.252 e. The van der Waals surface area contributed by atoms with Crippen molar-refractivity contribution in [2.75, 3.05) is 7.05 Å². The summed E-state index contributed by atoms with van der Waals surface area (Å²) >= 11 is 5.84. The van der Waals surface area contributed by atoms with E-state index < -0.39 is 11.4 Å². The van der Waals surface area contributed by atoms with Crippen LogP contribution in [-0.4, -0.2) is 39.5 Å². The number of carbonyl (C=O) groups is 3. The Balaban J connectivity index is 2.47. The molecule has 20 heavy (non-hydrogen) atoms. The third kappa shape index (κ3) is 2.16. The summed E-state index contributed by atoms with van der Waals surface area (Å²) in [4.78, 5) is 36.9. The number of Topliss-reactive ketones (excluding diaryl/α,β-unsaturated/α-hetero) is 1. The zero-order valence-corrected chi connectivity index (χ0v) is 12.7. The second-order valence-electron chi connectivity index (χ2n) is 5.15. The van der Waals surface area contributed by atoms with E-state index in [2.05, 4.69) is 0 Å². The Labute approximate surface area is 122 Å². The molecule has 0 radical (unpaired) electrons. The summed E-state index contributed by atoms with van der Waals surface area (Å²) in [6.07, 6.45) is 0.135. The average Bonchev–Trinajstić information content (AvgIpc) is 2.80. The maximum absolute atomic E-state index is 12.1. The molecule has 1 saturated heterocycles. The van der Waals surface area contributed by atoms with Gasteiger partial charge in [0.2, 0.25) is 5.91 Å². The molecular weight excluding hydrogens is 280 g/mol. The summed E-state index contributed by atoms with van der Waals surface area (Å²) in [6.45, 7) is 5.21. The van der Waals surface area contributed by atoms with Gasteiger partial charge in [-0.1, -0.05) is 0 Å². The molecule has 1 aliphatic heterocycles. The predicted octanol–water partition coefficient (Wildman–Crippen LogP) is 1.84. The fourth-order valence-corrected chi connectivity index (χ4v) is 2.78. The second-order valence-corrected chi connectivity index (χ2v) is 5.80. The van der Waals surface area contributed by atoms with Crippen molar-refractivity contribution in [1.29, 1.82) is 0 Å². The molecule has 2 atom stereocenters. The summed E-state index contributed by atoms with van der Waals surface area (Å²) in [6, 6.07) is 1.17. The van der Waals surface area contributed by atoms with Gasteiger partial charge in [0.1, 0.15) is 6.04 Å². The molecule has 2 unspecified atom stereocenters. The fourth-order valence-electron chi connectivity index (χ4n) is 2.66. The summed E-state index contributed by atoms with van der Waals surface area (Å²) < 4.78 is 1.76. The maximum atomic E-state index is 12.1. The minimum absolute atomic E-state index is 0.135. The number of aromatic nitrogens is 1. The third-order valence-corrected chi connectivity index (χ3v) is 3.98. The minimum atomic E-state index is -0.618. The maximum Gasteiger partial charge on any atom is 0.252 e. The summed E-state index contributed by atoms with van der Waals surface area (Å²) in [5.74, 6) is -0.614. The van der Waals surface area contributed by atoms with Gasteiger partial charge in [-0.15, -0.1) is 11.6 Å². The number of likely N-dealkylation sites (tertiary alicyclic amines) is 1. The van der Waals surface area contributed by atoms with Crippen molar-refractivity contribution in [2.45, 2.75) is 38.6 Å². The number of imide groups is 1. The van der Waals surface area contributed by atoms with E-state index >= 15 is 0 Å². The Kier molecular flexibility index (Phi) is 3.73. The minimum Gasteiger partial charge on any atom is -0.336 e. The number of likely N-dealkylation sites (N-methyl/N-ethyl adjacent to an activating group) is 1. The second kappa shape index (κ2) is 5.05. The zero-order chi connectivity index (χ0) is 15.2. The van der Waals surface area contributed by atoms with Crippen molar-refractivity contribution in [1.82, 2.24) is 9.47 Å². The number of rotatable bonds is 3. The van der Waals surface area contributed by atoms with Crippen LogP contribution in [0.3, 0.4) is 0 Å². The Morgan fingerprint density at radius 3 is 2.45 bits per heavy atom. The van der Waals surface area contributed by atoms with Gasteiger partial charge in [0.25, 0.3) is 5.91 Å². The lowest BCUT2D eigenvalue weighted by atomic mass is 10.1. The number of hydrogen-bond acceptors (Lipinski definition) is 3. The van der Waals surface area contributed by atoms with Gasteiger partial charge in [-0.2, -0.15) is 0 Å². The number of nitrogens with zero attached hydrogens (tertiary/aromatic N) is 2. The number of amides is 2. The standard InChI is InChI=1S/C14H17ClN2O3/c1-7-5-10(13(19)8(2)15)9(3)17(7)11-6-12(18)16(4)14(11)20/h5,8,11H,6H2,1-4H3. The van der Waals surface area contributed by atoms with Crippen molar-refractivity contribution in [3.63, 3.8) is 0 Å². The summed E-state index contributed by atoms with van der Waals surface area (Å²) in [7, 11) is 1.48. The van der Waals surface area contributed by atoms with E-state index in [1.165, 1.54) is 7.05 Å². The van der Waals surface area contributed by atoms with Crippen LogP contribution in [-0.2, 0) is 9.59 Å². The molecule has 5 nitrogen and oxygen atoms in total. The first kappa shape index (κ1) is 14.8. The number of aryl methyl sites for hydroxylation is 1. The largest absolute Gasteiger partial charge is 0.336 e. The fraction of sp³-hybridized carbons (Fsp3) is 0.500. The van der Waals surface area contributed by atoms with Gasteiger partial charge in [-0.3, -0.25) is 19.3 Å². The van der Waals surface area contributed by atoms with Crippen LogP contribution in [0.1, 0.15) is 41.1 Å². The lowest BCUT2D eigenvalue weighted by molar-refractivity contribution is -0.137. The molecule has 1 fully saturated rings. The van der Waals surface area contributed by atoms with E-state index in [0.717, 1.165) is 10.6 Å². The van der Waals surface area contributed by atoms with Gasteiger partial charge in [0, 0.05) is 24.0 Å². The SMILES string of the molecule is Cc1cc(C(=O)C(C)Cl)c(C)n1C1CC(=O)N(C)C1=O. The molecule has 0 aliphatic carbocycles. The first-order valence-corrected chi connectivity index (χ1v) is 6.86. The third-order valence-electron chi connectivity index (χ3n) is 3.78. The highest BCUT2D eigenvalue weighted by atomic mass is 35.5. The number of halogens is 1. The Morgan fingerprint density at radius 2 is 2.00 bits per heavy atom. The number of hydrogen-bond donors (Lipinski definition) is 0. The van der Waals surface area contributed by atoms with Crippen molar-refractivity contribution >= 4 is 29.2 Å². The lowest BCUT2D eigenvalue weighted by Crippen LogP contribution is -2.27. The summed E-state index contributed by atoms with van der Waals surface area (Å²) in [5.41, 5.74) is 1.98. The molecule has 6 heteroatoms. The molecule has 1 aromatic heterocycles. The molecule has 0 saturated carbocycles. The van der Waals surface area contributed by atoms with Gasteiger partial charge < -0.3 is 4.57 Å². The number of ketones is 1. The van der Waals surface area contributed by atoms with Gasteiger partial charge in [-0.05, 0) is 26.8 Å². The number of carbonyl (C=O) groups excluding carboxylic acids is 3. The van der Waals surface area contributed by atoms with Crippen molar-refractivity contribution in [3.8, 4) is 0 Å². The quantitative estimate of drug-likeness (QED) is 0.486. The Hall–Kier alpha value is -1.62. The van der Waals surface area contributed by atoms with Gasteiger partial charge in [-0.25, -0.2) is 0 Å². The van der Waals surface area contributed by atoms with Crippen LogP contribution in [0.5, 0.6) is 0 Å². The van der Waals surface area contributed by atoms with E-state index in [1.807, 2.05) is 6.92 Å². The van der Waals surface area contributed by atoms with Crippen LogP contribution in [0.4, 0.5) is 0 Å².